The van der Waals surface area contributed by atoms with Crippen molar-refractivity contribution in [2.24, 2.45) is 32.5 Å². The molecule has 9 heteroatoms. The predicted octanol–water partition coefficient (Wildman–Crippen LogP) is 8.79. The lowest BCUT2D eigenvalue weighted by Gasteiger charge is -2.20. The maximum Gasteiger partial charge on any atom is 0.407 e. The molecule has 0 atom stereocenters. The van der Waals surface area contributed by atoms with E-state index in [0.717, 1.165) is 45.4 Å². The van der Waals surface area contributed by atoms with Crippen molar-refractivity contribution in [2.75, 3.05) is 52.7 Å². The molecule has 0 spiro atoms. The molecule has 0 aromatic rings. The zero-order valence-electron chi connectivity index (χ0n) is 34.9. The lowest BCUT2D eigenvalue weighted by atomic mass is 9.90. The highest BCUT2D eigenvalue weighted by Gasteiger charge is 2.21. The van der Waals surface area contributed by atoms with Gasteiger partial charge in [0.05, 0.1) is 19.8 Å². The number of carbonyl (C=O) groups is 3. The van der Waals surface area contributed by atoms with Crippen LogP contribution in [0.25, 0.3) is 0 Å². The van der Waals surface area contributed by atoms with Crippen molar-refractivity contribution in [3.63, 3.8) is 0 Å². The van der Waals surface area contributed by atoms with Crippen molar-refractivity contribution in [2.45, 2.75) is 150 Å². The van der Waals surface area contributed by atoms with Gasteiger partial charge >= 0.3 is 6.09 Å². The number of amides is 3. The largest absolute Gasteiger partial charge is 0.449 e. The van der Waals surface area contributed by atoms with Crippen molar-refractivity contribution in [1.82, 2.24) is 16.0 Å². The maximum atomic E-state index is 11.5. The van der Waals surface area contributed by atoms with Gasteiger partial charge in [-0.3, -0.25) is 9.59 Å². The molecule has 0 heterocycles. The molecule has 0 aliphatic heterocycles. The van der Waals surface area contributed by atoms with Crippen LogP contribution in [0.3, 0.4) is 0 Å². The molecule has 0 aliphatic carbocycles. The molecule has 0 unspecified atom stereocenters. The Bertz CT molecular complexity index is 861. The fourth-order valence-corrected chi connectivity index (χ4v) is 3.14. The Labute approximate surface area is 297 Å². The lowest BCUT2D eigenvalue weighted by Crippen LogP contribution is -2.36. The summed E-state index contributed by atoms with van der Waals surface area (Å²) in [5.74, 6) is 0.221. The number of rotatable bonds is 14. The molecule has 0 radical (unpaired) electrons. The van der Waals surface area contributed by atoms with Crippen LogP contribution in [0.1, 0.15) is 150 Å². The lowest BCUT2D eigenvalue weighted by molar-refractivity contribution is -0.129. The van der Waals surface area contributed by atoms with Gasteiger partial charge in [0.2, 0.25) is 11.8 Å². The van der Waals surface area contributed by atoms with Gasteiger partial charge in [0.1, 0.15) is 0 Å². The molecule has 0 saturated heterocycles. The van der Waals surface area contributed by atoms with Crippen molar-refractivity contribution in [3.8, 4) is 0 Å². The van der Waals surface area contributed by atoms with Gasteiger partial charge in [-0.25, -0.2) is 4.79 Å². The Hall–Kier alpha value is -1.87. The summed E-state index contributed by atoms with van der Waals surface area (Å²) in [6.45, 7) is 42.4. The summed E-state index contributed by atoms with van der Waals surface area (Å²) in [5.41, 5.74) is 0.306. The third-order valence-corrected chi connectivity index (χ3v) is 6.19. The smallest absolute Gasteiger partial charge is 0.407 e. The molecule has 3 amide bonds. The van der Waals surface area contributed by atoms with Crippen molar-refractivity contribution in [1.29, 1.82) is 0 Å². The molecule has 3 N–H and O–H groups in total. The highest BCUT2D eigenvalue weighted by atomic mass is 16.5. The molecule has 0 aromatic carbocycles. The van der Waals surface area contributed by atoms with Crippen molar-refractivity contribution < 1.29 is 28.6 Å². The van der Waals surface area contributed by atoms with E-state index in [4.69, 9.17) is 14.2 Å². The molecule has 0 fully saturated rings. The van der Waals surface area contributed by atoms with E-state index >= 15 is 0 Å². The highest BCUT2D eigenvalue weighted by Crippen LogP contribution is 2.20. The molecule has 0 aliphatic rings. The van der Waals surface area contributed by atoms with Crippen LogP contribution in [0, 0.1) is 32.5 Å². The van der Waals surface area contributed by atoms with Crippen LogP contribution in [-0.4, -0.2) is 70.6 Å². The third-order valence-electron chi connectivity index (χ3n) is 6.19. The first kappa shape index (κ1) is 50.5. The molecule has 0 rings (SSSR count). The van der Waals surface area contributed by atoms with Crippen LogP contribution in [0.15, 0.2) is 0 Å². The third kappa shape index (κ3) is 42.2. The second-order valence-electron chi connectivity index (χ2n) is 19.6. The van der Waals surface area contributed by atoms with Crippen LogP contribution in [0.4, 0.5) is 4.79 Å². The van der Waals surface area contributed by atoms with Crippen LogP contribution in [-0.2, 0) is 23.8 Å². The summed E-state index contributed by atoms with van der Waals surface area (Å²) < 4.78 is 16.0. The Balaban J connectivity index is -0.000000638. The monoisotopic (exact) mass is 688 g/mol. The standard InChI is InChI=1S/C14H29NO3.C13H27NO2.C12H25NO/c1-13(2,3)10-17-9-7-8-15-12(16)18-11-14(4,5)6;1-12(2,3)7-9-16-10-8-14-11(15)13(4,5)6;1-11(2,3)8-7-9-13-10(14)12(4,5)6/h7-11H2,1-6H3,(H,15,16);7-10H2,1-6H3,(H,14,15);7-9H2,1-6H3,(H,13,14). The molecule has 0 aromatic heterocycles. The van der Waals surface area contributed by atoms with Gasteiger partial charge < -0.3 is 30.2 Å². The summed E-state index contributed by atoms with van der Waals surface area (Å²) in [7, 11) is 0. The van der Waals surface area contributed by atoms with E-state index in [1.165, 1.54) is 0 Å². The molecule has 48 heavy (non-hydrogen) atoms. The van der Waals surface area contributed by atoms with E-state index in [0.29, 0.717) is 43.7 Å². The average Bonchev–Trinajstić information content (AvgIpc) is 2.86. The summed E-state index contributed by atoms with van der Waals surface area (Å²) in [5, 5.41) is 8.52. The van der Waals surface area contributed by atoms with Gasteiger partial charge in [0.25, 0.3) is 0 Å². The van der Waals surface area contributed by atoms with E-state index in [1.807, 2.05) is 62.3 Å². The molecule has 9 nitrogen and oxygen atoms in total. The number of hydrogen-bond donors (Lipinski definition) is 3. The average molecular weight is 688 g/mol. The molecule has 288 valence electrons. The van der Waals surface area contributed by atoms with Crippen molar-refractivity contribution >= 4 is 17.9 Å². The molecule has 0 bridgehead atoms. The first-order valence-electron chi connectivity index (χ1n) is 18.0. The quantitative estimate of drug-likeness (QED) is 0.157. The minimum Gasteiger partial charge on any atom is -0.449 e. The highest BCUT2D eigenvalue weighted by molar-refractivity contribution is 5.81. The number of ether oxygens (including phenoxy) is 3. The van der Waals surface area contributed by atoms with E-state index in [2.05, 4.69) is 78.3 Å². The fourth-order valence-electron chi connectivity index (χ4n) is 3.14. The Morgan fingerprint density at radius 1 is 0.438 bits per heavy atom. The zero-order valence-corrected chi connectivity index (χ0v) is 34.9. The predicted molar refractivity (Wildman–Crippen MR) is 202 cm³/mol. The Morgan fingerprint density at radius 3 is 1.29 bits per heavy atom. The molecular weight excluding hydrogens is 606 g/mol. The number of alkyl carbamates (subject to hydrolysis) is 1. The van der Waals surface area contributed by atoms with Gasteiger partial charge in [0.15, 0.2) is 0 Å². The minimum atomic E-state index is -0.347. The van der Waals surface area contributed by atoms with Crippen LogP contribution < -0.4 is 16.0 Å². The first-order chi connectivity index (χ1) is 21.4. The summed E-state index contributed by atoms with van der Waals surface area (Å²) in [6, 6.07) is 0. The number of nitrogens with one attached hydrogen (secondary N) is 3. The van der Waals surface area contributed by atoms with Gasteiger partial charge in [-0.1, -0.05) is 125 Å². The number of hydrogen-bond acceptors (Lipinski definition) is 6. The second kappa shape index (κ2) is 23.5. The topological polar surface area (TPSA) is 115 Å². The minimum absolute atomic E-state index is 0.00710. The summed E-state index contributed by atoms with van der Waals surface area (Å²) >= 11 is 0. The van der Waals surface area contributed by atoms with E-state index < -0.39 is 0 Å². The van der Waals surface area contributed by atoms with E-state index in [-0.39, 0.29) is 39.6 Å². The Kier molecular flexibility index (Phi) is 24.7. The van der Waals surface area contributed by atoms with Crippen molar-refractivity contribution in [3.05, 3.63) is 0 Å². The fraction of sp³-hybridized carbons (Fsp3) is 0.923. The first-order valence-corrected chi connectivity index (χ1v) is 18.0. The van der Waals surface area contributed by atoms with E-state index in [9.17, 15) is 14.4 Å². The molecular formula is C39H81N3O6. The van der Waals surface area contributed by atoms with E-state index in [1.54, 1.807) is 0 Å². The van der Waals surface area contributed by atoms with Gasteiger partial charge in [-0.05, 0) is 47.3 Å². The van der Waals surface area contributed by atoms with Crippen LogP contribution >= 0.6 is 0 Å². The maximum absolute atomic E-state index is 11.5. The normalized spacial score (nSPS) is 12.5. The van der Waals surface area contributed by atoms with Crippen LogP contribution in [0.5, 0.6) is 0 Å². The van der Waals surface area contributed by atoms with Gasteiger partial charge in [0, 0.05) is 43.7 Å². The SMILES string of the molecule is CC(C)(C)CCCNC(=O)C(C)(C)C.CC(C)(C)CCOCCNC(=O)C(C)(C)C.CC(C)(C)COCCCNC(=O)OCC(C)(C)C. The summed E-state index contributed by atoms with van der Waals surface area (Å²) in [4.78, 5) is 34.3. The molecule has 0 saturated carbocycles. The Morgan fingerprint density at radius 2 is 0.875 bits per heavy atom. The second-order valence-corrected chi connectivity index (χ2v) is 19.6. The number of carbonyl (C=O) groups excluding carboxylic acids is 3. The summed E-state index contributed by atoms with van der Waals surface area (Å²) in [6.07, 6.45) is 3.71. The van der Waals surface area contributed by atoms with Gasteiger partial charge in [-0.15, -0.1) is 0 Å². The zero-order chi connectivity index (χ0) is 38.5. The van der Waals surface area contributed by atoms with Gasteiger partial charge in [-0.2, -0.15) is 0 Å². The van der Waals surface area contributed by atoms with Crippen LogP contribution in [0.2, 0.25) is 0 Å².